The fraction of sp³-hybridized carbons (Fsp3) is 0.469. The molecule has 2 aliphatic carbocycles. The second-order valence-electron chi connectivity index (χ2n) is 11.8. The Balaban J connectivity index is 1.49. The average Bonchev–Trinajstić information content (AvgIpc) is 3.06. The highest BCUT2D eigenvalue weighted by Gasteiger charge is 2.43. The van der Waals surface area contributed by atoms with E-state index in [0.29, 0.717) is 37.2 Å². The zero-order valence-corrected chi connectivity index (χ0v) is 24.9. The van der Waals surface area contributed by atoms with Gasteiger partial charge in [-0.3, -0.25) is 4.79 Å². The number of amides is 1. The smallest absolute Gasteiger partial charge is 0.264 e. The number of carbonyl (C=O) groups is 1. The monoisotopic (exact) mass is 598 g/mol. The maximum atomic E-state index is 13.0. The van der Waals surface area contributed by atoms with E-state index in [9.17, 15) is 18.3 Å². The molecule has 9 heteroatoms. The summed E-state index contributed by atoms with van der Waals surface area (Å²) in [5, 5.41) is 11.2. The molecule has 2 N–H and O–H groups in total. The highest BCUT2D eigenvalue weighted by molar-refractivity contribution is 7.90. The molecular weight excluding hydrogens is 560 g/mol. The molecule has 1 spiro atoms. The molecule has 1 saturated carbocycles. The molecule has 1 fully saturated rings. The van der Waals surface area contributed by atoms with E-state index in [0.717, 1.165) is 55.8 Å². The number of ether oxygens (including phenoxy) is 1. The van der Waals surface area contributed by atoms with Crippen molar-refractivity contribution in [2.75, 3.05) is 30.3 Å². The summed E-state index contributed by atoms with van der Waals surface area (Å²) < 4.78 is 33.2. The van der Waals surface area contributed by atoms with Crippen LogP contribution < -0.4 is 14.4 Å². The second-order valence-corrected chi connectivity index (χ2v) is 14.0. The number of aryl methyl sites for hydroxylation is 1. The van der Waals surface area contributed by atoms with Crippen molar-refractivity contribution >= 4 is 33.2 Å². The number of nitrogens with one attached hydrogen (secondary N) is 1. The van der Waals surface area contributed by atoms with Crippen LogP contribution in [0.15, 0.2) is 61.7 Å². The quantitative estimate of drug-likeness (QED) is 0.355. The van der Waals surface area contributed by atoms with Crippen LogP contribution in [0.2, 0.25) is 5.02 Å². The van der Waals surface area contributed by atoms with Crippen LogP contribution in [0, 0.1) is 11.8 Å². The summed E-state index contributed by atoms with van der Waals surface area (Å²) in [5.74, 6) is 0.444. The van der Waals surface area contributed by atoms with Crippen LogP contribution in [-0.2, 0) is 21.9 Å². The third-order valence-corrected chi connectivity index (χ3v) is 10.3. The molecule has 0 aromatic heterocycles. The van der Waals surface area contributed by atoms with E-state index in [4.69, 9.17) is 16.3 Å². The van der Waals surface area contributed by atoms with Gasteiger partial charge in [0.25, 0.3) is 5.91 Å². The summed E-state index contributed by atoms with van der Waals surface area (Å²) in [5.41, 5.74) is 3.29. The molecule has 0 radical (unpaired) electrons. The lowest BCUT2D eigenvalue weighted by Crippen LogP contribution is -2.48. The maximum Gasteiger partial charge on any atom is 0.264 e. The van der Waals surface area contributed by atoms with Crippen LogP contribution in [0.25, 0.3) is 0 Å². The summed E-state index contributed by atoms with van der Waals surface area (Å²) in [4.78, 5) is 15.3. The van der Waals surface area contributed by atoms with Gasteiger partial charge in [0.15, 0.2) is 0 Å². The molecule has 1 aliphatic heterocycles. The van der Waals surface area contributed by atoms with Gasteiger partial charge in [0.05, 0.1) is 24.2 Å². The first-order chi connectivity index (χ1) is 19.6. The standard InChI is InChI=1S/C32H39ClN2O5S/c1-3-6-27(36)17-22-8-9-25(22)19-35-20-32(14-5-7-23-16-26(33)11-12-28(23)32)21-40-30-13-10-24(18-29(30)35)31(37)34-41(38,39)15-4-2/h3-4,10-13,16,18,22,25,27,36H,1-2,5-9,14-15,17,19-21H2,(H,34,37)/t22-,25-,27+,32-/m0/s1. The molecule has 2 aromatic carbocycles. The third-order valence-electron chi connectivity index (χ3n) is 8.93. The lowest BCUT2D eigenvalue weighted by Gasteiger charge is -2.45. The van der Waals surface area contributed by atoms with Crippen molar-refractivity contribution in [1.29, 1.82) is 0 Å². The van der Waals surface area contributed by atoms with Gasteiger partial charge in [0.2, 0.25) is 10.0 Å². The summed E-state index contributed by atoms with van der Waals surface area (Å²) in [6, 6.07) is 11.3. The Morgan fingerprint density at radius 3 is 2.73 bits per heavy atom. The first-order valence-electron chi connectivity index (χ1n) is 14.4. The van der Waals surface area contributed by atoms with Crippen molar-refractivity contribution in [2.24, 2.45) is 11.8 Å². The van der Waals surface area contributed by atoms with Gasteiger partial charge in [0.1, 0.15) is 5.75 Å². The van der Waals surface area contributed by atoms with Gasteiger partial charge in [-0.05, 0) is 98.2 Å². The van der Waals surface area contributed by atoms with Crippen LogP contribution in [0.5, 0.6) is 5.75 Å². The number of aliphatic hydroxyl groups excluding tert-OH is 1. The molecule has 41 heavy (non-hydrogen) atoms. The topological polar surface area (TPSA) is 95.9 Å². The minimum absolute atomic E-state index is 0.253. The number of fused-ring (bicyclic) bond motifs is 3. The zero-order valence-electron chi connectivity index (χ0n) is 23.4. The van der Waals surface area contributed by atoms with Crippen LogP contribution >= 0.6 is 11.6 Å². The van der Waals surface area contributed by atoms with Gasteiger partial charge in [-0.1, -0.05) is 29.8 Å². The van der Waals surface area contributed by atoms with Gasteiger partial charge in [-0.15, -0.1) is 13.2 Å². The fourth-order valence-corrected chi connectivity index (χ4v) is 7.75. The van der Waals surface area contributed by atoms with E-state index >= 15 is 0 Å². The van der Waals surface area contributed by atoms with Gasteiger partial charge in [-0.25, -0.2) is 13.1 Å². The normalized spacial score (nSPS) is 24.2. The van der Waals surface area contributed by atoms with Crippen LogP contribution in [0.1, 0.15) is 60.0 Å². The SMILES string of the molecule is C=CC[C@@H](O)C[C@@H]1CC[C@H]1CN1C[C@@]2(CCCc3cc(Cl)ccc32)COc2ccc(C(=O)NS(=O)(=O)CC=C)cc21. The number of rotatable bonds is 10. The molecule has 4 atom stereocenters. The molecule has 1 amide bonds. The molecule has 7 nitrogen and oxygen atoms in total. The Morgan fingerprint density at radius 2 is 2.00 bits per heavy atom. The van der Waals surface area contributed by atoms with Crippen LogP contribution in [0.4, 0.5) is 5.69 Å². The molecule has 2 aromatic rings. The lowest BCUT2D eigenvalue weighted by atomic mass is 9.68. The van der Waals surface area contributed by atoms with Crippen molar-refractivity contribution in [2.45, 2.75) is 56.5 Å². The minimum Gasteiger partial charge on any atom is -0.490 e. The number of carbonyl (C=O) groups excluding carboxylic acids is 1. The zero-order chi connectivity index (χ0) is 29.2. The Kier molecular flexibility index (Phi) is 8.83. The van der Waals surface area contributed by atoms with Crippen molar-refractivity contribution in [3.63, 3.8) is 0 Å². The fourth-order valence-electron chi connectivity index (χ4n) is 6.76. The summed E-state index contributed by atoms with van der Waals surface area (Å²) in [6.07, 6.45) is 9.04. The van der Waals surface area contributed by atoms with E-state index in [1.807, 2.05) is 6.07 Å². The molecule has 0 bridgehead atoms. The number of halogens is 1. The number of aliphatic hydroxyl groups is 1. The molecule has 5 rings (SSSR count). The highest BCUT2D eigenvalue weighted by atomic mass is 35.5. The van der Waals surface area contributed by atoms with Gasteiger partial charge < -0.3 is 14.7 Å². The molecule has 1 heterocycles. The number of benzene rings is 2. The third kappa shape index (κ3) is 6.50. The van der Waals surface area contributed by atoms with Crippen molar-refractivity contribution in [3.05, 3.63) is 83.4 Å². The van der Waals surface area contributed by atoms with Crippen molar-refractivity contribution in [3.8, 4) is 5.75 Å². The predicted molar refractivity (Wildman–Crippen MR) is 163 cm³/mol. The summed E-state index contributed by atoms with van der Waals surface area (Å²) in [7, 11) is -3.82. The van der Waals surface area contributed by atoms with Crippen LogP contribution in [-0.4, -0.2) is 51.0 Å². The van der Waals surface area contributed by atoms with Crippen LogP contribution in [0.3, 0.4) is 0 Å². The van der Waals surface area contributed by atoms with Crippen molar-refractivity contribution < 1.29 is 23.1 Å². The molecule has 0 saturated heterocycles. The van der Waals surface area contributed by atoms with E-state index in [2.05, 4.69) is 34.9 Å². The van der Waals surface area contributed by atoms with E-state index in [1.54, 1.807) is 24.3 Å². The summed E-state index contributed by atoms with van der Waals surface area (Å²) >= 11 is 6.37. The minimum atomic E-state index is -3.82. The molecule has 3 aliphatic rings. The number of hydrogen-bond donors (Lipinski definition) is 2. The predicted octanol–water partition coefficient (Wildman–Crippen LogP) is 5.41. The summed E-state index contributed by atoms with van der Waals surface area (Å²) in [6.45, 7) is 9.18. The maximum absolute atomic E-state index is 13.0. The van der Waals surface area contributed by atoms with E-state index < -0.39 is 22.0 Å². The lowest BCUT2D eigenvalue weighted by molar-refractivity contribution is 0.0801. The molecular formula is C32H39ClN2O5S. The van der Waals surface area contributed by atoms with Gasteiger partial charge >= 0.3 is 0 Å². The molecule has 220 valence electrons. The molecule has 0 unspecified atom stereocenters. The van der Waals surface area contributed by atoms with Gasteiger partial charge in [0, 0.05) is 29.1 Å². The second kappa shape index (κ2) is 12.2. The Morgan fingerprint density at radius 1 is 1.20 bits per heavy atom. The largest absolute Gasteiger partial charge is 0.490 e. The van der Waals surface area contributed by atoms with E-state index in [-0.39, 0.29) is 16.7 Å². The van der Waals surface area contributed by atoms with Gasteiger partial charge in [-0.2, -0.15) is 0 Å². The first-order valence-corrected chi connectivity index (χ1v) is 16.4. The Bertz CT molecular complexity index is 1430. The number of sulfonamides is 1. The number of hydrogen-bond acceptors (Lipinski definition) is 6. The highest BCUT2D eigenvalue weighted by Crippen LogP contribution is 2.46. The number of nitrogens with zero attached hydrogens (tertiary/aromatic N) is 1. The Labute approximate surface area is 248 Å². The van der Waals surface area contributed by atoms with Crippen molar-refractivity contribution in [1.82, 2.24) is 4.72 Å². The first kappa shape index (κ1) is 29.7. The Hall–Kier alpha value is -2.81. The average molecular weight is 599 g/mol. The number of anilines is 1. The van der Waals surface area contributed by atoms with E-state index in [1.165, 1.54) is 17.2 Å².